The number of amides is 1. The van der Waals surface area contributed by atoms with Gasteiger partial charge in [-0.15, -0.1) is 0 Å². The molecule has 0 bridgehead atoms. The second kappa shape index (κ2) is 6.43. The van der Waals surface area contributed by atoms with Gasteiger partial charge in [0.15, 0.2) is 0 Å². The van der Waals surface area contributed by atoms with Gasteiger partial charge in [-0.3, -0.25) is 4.79 Å². The zero-order chi connectivity index (χ0) is 15.6. The summed E-state index contributed by atoms with van der Waals surface area (Å²) in [5.74, 6) is -0.0426. The summed E-state index contributed by atoms with van der Waals surface area (Å²) in [4.78, 5) is 12.0. The molecule has 1 aliphatic rings. The molecule has 1 fully saturated rings. The third-order valence-corrected chi connectivity index (χ3v) is 5.25. The smallest absolute Gasteiger partial charge is 0.237 e. The van der Waals surface area contributed by atoms with Crippen LogP contribution in [0.3, 0.4) is 0 Å². The molecule has 5 nitrogen and oxygen atoms in total. The van der Waals surface area contributed by atoms with E-state index in [1.807, 2.05) is 27.7 Å². The Bertz CT molecular complexity index is 440. The van der Waals surface area contributed by atoms with Crippen molar-refractivity contribution >= 4 is 15.7 Å². The van der Waals surface area contributed by atoms with Crippen LogP contribution in [-0.2, 0) is 14.6 Å². The van der Waals surface area contributed by atoms with Crippen molar-refractivity contribution in [3.63, 3.8) is 0 Å². The molecule has 0 heterocycles. The predicted octanol–water partition coefficient (Wildman–Crippen LogP) is 1.24. The highest BCUT2D eigenvalue weighted by atomic mass is 32.2. The SMILES string of the molecule is CC(NC1CCCC(S(C)(=O)=O)C1)C(=O)NC(C)(C)C. The minimum Gasteiger partial charge on any atom is -0.350 e. The van der Waals surface area contributed by atoms with E-state index in [9.17, 15) is 13.2 Å². The van der Waals surface area contributed by atoms with E-state index >= 15 is 0 Å². The van der Waals surface area contributed by atoms with E-state index < -0.39 is 9.84 Å². The van der Waals surface area contributed by atoms with Crippen molar-refractivity contribution in [3.05, 3.63) is 0 Å². The van der Waals surface area contributed by atoms with Crippen molar-refractivity contribution in [2.45, 2.75) is 76.3 Å². The monoisotopic (exact) mass is 304 g/mol. The third-order valence-electron chi connectivity index (χ3n) is 3.61. The van der Waals surface area contributed by atoms with Crippen LogP contribution in [0.4, 0.5) is 0 Å². The predicted molar refractivity (Wildman–Crippen MR) is 81.4 cm³/mol. The molecule has 1 amide bonds. The number of carbonyl (C=O) groups is 1. The maximum atomic E-state index is 12.0. The number of nitrogens with one attached hydrogen (secondary N) is 2. The first-order valence-electron chi connectivity index (χ1n) is 7.26. The summed E-state index contributed by atoms with van der Waals surface area (Å²) >= 11 is 0. The van der Waals surface area contributed by atoms with Crippen LogP contribution in [0.5, 0.6) is 0 Å². The van der Waals surface area contributed by atoms with E-state index in [-0.39, 0.29) is 28.8 Å². The maximum Gasteiger partial charge on any atom is 0.237 e. The second-order valence-corrected chi connectivity index (χ2v) is 9.27. The highest BCUT2D eigenvalue weighted by Gasteiger charge is 2.30. The van der Waals surface area contributed by atoms with Crippen molar-refractivity contribution in [2.75, 3.05) is 6.26 Å². The van der Waals surface area contributed by atoms with Gasteiger partial charge in [0.25, 0.3) is 0 Å². The van der Waals surface area contributed by atoms with Gasteiger partial charge in [-0.2, -0.15) is 0 Å². The van der Waals surface area contributed by atoms with Crippen molar-refractivity contribution in [3.8, 4) is 0 Å². The van der Waals surface area contributed by atoms with Gasteiger partial charge in [0, 0.05) is 17.8 Å². The fourth-order valence-electron chi connectivity index (χ4n) is 2.59. The first-order valence-corrected chi connectivity index (χ1v) is 9.21. The highest BCUT2D eigenvalue weighted by Crippen LogP contribution is 2.24. The zero-order valence-electron chi connectivity index (χ0n) is 13.2. The Kier molecular flexibility index (Phi) is 5.61. The van der Waals surface area contributed by atoms with Crippen LogP contribution < -0.4 is 10.6 Å². The fourth-order valence-corrected chi connectivity index (χ4v) is 3.77. The van der Waals surface area contributed by atoms with Crippen molar-refractivity contribution in [1.29, 1.82) is 0 Å². The standard InChI is InChI=1S/C14H28N2O3S/c1-10(13(17)16-14(2,3)4)15-11-7-6-8-12(9-11)20(5,18)19/h10-12,15H,6-9H2,1-5H3,(H,16,17). The summed E-state index contributed by atoms with van der Waals surface area (Å²) in [6.45, 7) is 7.65. The molecule has 20 heavy (non-hydrogen) atoms. The lowest BCUT2D eigenvalue weighted by Gasteiger charge is -2.31. The van der Waals surface area contributed by atoms with E-state index in [0.717, 1.165) is 19.3 Å². The summed E-state index contributed by atoms with van der Waals surface area (Å²) in [5, 5.41) is 5.93. The Morgan fingerprint density at radius 2 is 1.85 bits per heavy atom. The molecule has 0 aromatic carbocycles. The Labute approximate surface area is 122 Å². The molecule has 0 radical (unpaired) electrons. The lowest BCUT2D eigenvalue weighted by Crippen LogP contribution is -2.53. The van der Waals surface area contributed by atoms with Gasteiger partial charge in [0.05, 0.1) is 11.3 Å². The van der Waals surface area contributed by atoms with Crippen LogP contribution in [0, 0.1) is 0 Å². The lowest BCUT2D eigenvalue weighted by molar-refractivity contribution is -0.124. The number of rotatable bonds is 4. The van der Waals surface area contributed by atoms with E-state index in [1.54, 1.807) is 0 Å². The molecular formula is C14H28N2O3S. The molecule has 1 saturated carbocycles. The van der Waals surface area contributed by atoms with Gasteiger partial charge in [0.1, 0.15) is 9.84 Å². The van der Waals surface area contributed by atoms with Crippen LogP contribution in [0.1, 0.15) is 53.4 Å². The second-order valence-electron chi connectivity index (χ2n) is 6.94. The first kappa shape index (κ1) is 17.4. The van der Waals surface area contributed by atoms with Crippen LogP contribution in [0.25, 0.3) is 0 Å². The number of hydrogen-bond acceptors (Lipinski definition) is 4. The number of hydrogen-bond donors (Lipinski definition) is 2. The normalized spacial score (nSPS) is 26.1. The quantitative estimate of drug-likeness (QED) is 0.819. The number of sulfone groups is 1. The van der Waals surface area contributed by atoms with Crippen LogP contribution in [0.15, 0.2) is 0 Å². The molecule has 6 heteroatoms. The molecule has 0 spiro atoms. The van der Waals surface area contributed by atoms with Crippen molar-refractivity contribution in [1.82, 2.24) is 10.6 Å². The largest absolute Gasteiger partial charge is 0.350 e. The summed E-state index contributed by atoms with van der Waals surface area (Å²) < 4.78 is 23.3. The number of carbonyl (C=O) groups excluding carboxylic acids is 1. The van der Waals surface area contributed by atoms with Gasteiger partial charge in [-0.25, -0.2) is 8.42 Å². The molecule has 1 aliphatic carbocycles. The van der Waals surface area contributed by atoms with E-state index in [4.69, 9.17) is 0 Å². The Morgan fingerprint density at radius 1 is 1.25 bits per heavy atom. The average molecular weight is 304 g/mol. The summed E-state index contributed by atoms with van der Waals surface area (Å²) in [6.07, 6.45) is 4.46. The average Bonchev–Trinajstić information content (AvgIpc) is 2.25. The van der Waals surface area contributed by atoms with Gasteiger partial charge in [-0.1, -0.05) is 6.42 Å². The molecule has 1 rings (SSSR count). The van der Waals surface area contributed by atoms with Crippen molar-refractivity contribution in [2.24, 2.45) is 0 Å². The molecule has 0 saturated heterocycles. The molecule has 0 aliphatic heterocycles. The van der Waals surface area contributed by atoms with Crippen LogP contribution in [-0.4, -0.2) is 43.5 Å². The van der Waals surface area contributed by atoms with Gasteiger partial charge in [0.2, 0.25) is 5.91 Å². The maximum absolute atomic E-state index is 12.0. The Balaban J connectivity index is 2.54. The summed E-state index contributed by atoms with van der Waals surface area (Å²) in [5.41, 5.74) is -0.255. The van der Waals surface area contributed by atoms with E-state index in [2.05, 4.69) is 10.6 Å². The Hall–Kier alpha value is -0.620. The molecule has 118 valence electrons. The molecular weight excluding hydrogens is 276 g/mol. The first-order chi connectivity index (χ1) is 8.99. The zero-order valence-corrected chi connectivity index (χ0v) is 14.0. The van der Waals surface area contributed by atoms with Gasteiger partial charge in [-0.05, 0) is 47.0 Å². The minimum atomic E-state index is -2.98. The molecule has 3 unspecified atom stereocenters. The van der Waals surface area contributed by atoms with E-state index in [0.29, 0.717) is 6.42 Å². The van der Waals surface area contributed by atoms with Crippen LogP contribution in [0.2, 0.25) is 0 Å². The molecule has 3 atom stereocenters. The molecule has 0 aromatic heterocycles. The van der Waals surface area contributed by atoms with Gasteiger partial charge >= 0.3 is 0 Å². The summed E-state index contributed by atoms with van der Waals surface area (Å²) in [7, 11) is -2.98. The minimum absolute atomic E-state index is 0.0426. The highest BCUT2D eigenvalue weighted by molar-refractivity contribution is 7.91. The van der Waals surface area contributed by atoms with Gasteiger partial charge < -0.3 is 10.6 Å². The van der Waals surface area contributed by atoms with Crippen LogP contribution >= 0.6 is 0 Å². The molecule has 0 aromatic rings. The third kappa shape index (κ3) is 5.79. The lowest BCUT2D eigenvalue weighted by atomic mass is 9.94. The van der Waals surface area contributed by atoms with E-state index in [1.165, 1.54) is 6.26 Å². The topological polar surface area (TPSA) is 75.3 Å². The summed E-state index contributed by atoms with van der Waals surface area (Å²) in [6, 6.07) is -0.207. The molecule has 2 N–H and O–H groups in total. The Morgan fingerprint density at radius 3 is 2.35 bits per heavy atom. The fraction of sp³-hybridized carbons (Fsp3) is 0.929. The van der Waals surface area contributed by atoms with Crippen molar-refractivity contribution < 1.29 is 13.2 Å².